The van der Waals surface area contributed by atoms with Crippen LogP contribution in [0.1, 0.15) is 5.56 Å². The number of nitriles is 1. The van der Waals surface area contributed by atoms with Crippen molar-refractivity contribution in [1.82, 2.24) is 4.98 Å². The van der Waals surface area contributed by atoms with Gasteiger partial charge in [-0.1, -0.05) is 11.6 Å². The number of nitrogens with zero attached hydrogens (tertiary/aromatic N) is 2. The molecule has 0 atom stereocenters. The summed E-state index contributed by atoms with van der Waals surface area (Å²) < 4.78 is 27.4. The second kappa shape index (κ2) is 4.01. The summed E-state index contributed by atoms with van der Waals surface area (Å²) in [4.78, 5) is 3.43. The standard InChI is InChI=1S/C7H3ClF2N2O/c8-5-1-4(2-11)3-12-6(5)13-7(9)10/h1,3,7H. The molecule has 1 heterocycles. The number of ether oxygens (including phenoxy) is 1. The molecule has 0 amide bonds. The van der Waals surface area contributed by atoms with Crippen molar-refractivity contribution in [2.75, 3.05) is 0 Å². The van der Waals surface area contributed by atoms with Gasteiger partial charge >= 0.3 is 6.61 Å². The molecule has 0 saturated carbocycles. The fourth-order valence-electron chi connectivity index (χ4n) is 0.658. The first-order valence-electron chi connectivity index (χ1n) is 3.14. The molecule has 0 aromatic carbocycles. The number of alkyl halides is 2. The van der Waals surface area contributed by atoms with Crippen LogP contribution in [0.2, 0.25) is 5.02 Å². The summed E-state index contributed by atoms with van der Waals surface area (Å²) in [7, 11) is 0. The molecule has 0 spiro atoms. The lowest BCUT2D eigenvalue weighted by Gasteiger charge is -2.04. The topological polar surface area (TPSA) is 45.9 Å². The highest BCUT2D eigenvalue weighted by Gasteiger charge is 2.10. The van der Waals surface area contributed by atoms with Crippen LogP contribution in [-0.2, 0) is 0 Å². The van der Waals surface area contributed by atoms with Gasteiger partial charge in [0, 0.05) is 6.20 Å². The molecular weight excluding hydrogens is 202 g/mol. The molecule has 0 aliphatic carbocycles. The van der Waals surface area contributed by atoms with Crippen molar-refractivity contribution in [3.8, 4) is 11.9 Å². The molecule has 0 unspecified atom stereocenters. The zero-order valence-electron chi connectivity index (χ0n) is 6.17. The van der Waals surface area contributed by atoms with Crippen LogP contribution < -0.4 is 4.74 Å². The average Bonchev–Trinajstić information content (AvgIpc) is 2.08. The van der Waals surface area contributed by atoms with Crippen LogP contribution in [0.3, 0.4) is 0 Å². The first-order valence-corrected chi connectivity index (χ1v) is 3.51. The van der Waals surface area contributed by atoms with Gasteiger partial charge in [-0.05, 0) is 6.07 Å². The minimum absolute atomic E-state index is 0.112. The lowest BCUT2D eigenvalue weighted by molar-refractivity contribution is -0.0527. The maximum absolute atomic E-state index is 11.7. The van der Waals surface area contributed by atoms with Crippen LogP contribution in [0.5, 0.6) is 5.88 Å². The average molecular weight is 205 g/mol. The van der Waals surface area contributed by atoms with Gasteiger partial charge in [0.15, 0.2) is 0 Å². The van der Waals surface area contributed by atoms with E-state index < -0.39 is 6.61 Å². The Hall–Kier alpha value is -1.41. The van der Waals surface area contributed by atoms with Gasteiger partial charge in [0.1, 0.15) is 11.1 Å². The highest BCUT2D eigenvalue weighted by Crippen LogP contribution is 2.23. The van der Waals surface area contributed by atoms with E-state index in [1.807, 2.05) is 0 Å². The minimum Gasteiger partial charge on any atom is -0.415 e. The second-order valence-corrected chi connectivity index (χ2v) is 2.41. The number of hydrogen-bond donors (Lipinski definition) is 0. The molecule has 0 saturated heterocycles. The van der Waals surface area contributed by atoms with Gasteiger partial charge in [-0.2, -0.15) is 14.0 Å². The fraction of sp³-hybridized carbons (Fsp3) is 0.143. The van der Waals surface area contributed by atoms with E-state index >= 15 is 0 Å². The molecule has 3 nitrogen and oxygen atoms in total. The van der Waals surface area contributed by atoms with E-state index in [1.165, 1.54) is 6.07 Å². The van der Waals surface area contributed by atoms with Gasteiger partial charge in [0.2, 0.25) is 5.88 Å². The van der Waals surface area contributed by atoms with E-state index in [1.54, 1.807) is 6.07 Å². The minimum atomic E-state index is -2.97. The maximum atomic E-state index is 11.7. The highest BCUT2D eigenvalue weighted by atomic mass is 35.5. The van der Waals surface area contributed by atoms with E-state index in [2.05, 4.69) is 9.72 Å². The molecule has 0 aliphatic rings. The van der Waals surface area contributed by atoms with Gasteiger partial charge in [0.25, 0.3) is 0 Å². The van der Waals surface area contributed by atoms with Crippen LogP contribution in [0, 0.1) is 11.3 Å². The Morgan fingerprint density at radius 1 is 1.62 bits per heavy atom. The Morgan fingerprint density at radius 3 is 2.77 bits per heavy atom. The molecule has 6 heteroatoms. The molecule has 13 heavy (non-hydrogen) atoms. The van der Waals surface area contributed by atoms with Crippen LogP contribution >= 0.6 is 11.6 Å². The van der Waals surface area contributed by atoms with Gasteiger partial charge in [-0.15, -0.1) is 0 Å². The largest absolute Gasteiger partial charge is 0.415 e. The molecule has 1 aromatic heterocycles. The second-order valence-electron chi connectivity index (χ2n) is 2.00. The molecule has 0 radical (unpaired) electrons. The van der Waals surface area contributed by atoms with Crippen LogP contribution in [-0.4, -0.2) is 11.6 Å². The molecule has 0 fully saturated rings. The molecule has 0 N–H and O–H groups in total. The quantitative estimate of drug-likeness (QED) is 0.742. The Kier molecular flexibility index (Phi) is 2.98. The SMILES string of the molecule is N#Cc1cnc(OC(F)F)c(Cl)c1. The molecular formula is C7H3ClF2N2O. The fourth-order valence-corrected chi connectivity index (χ4v) is 0.869. The van der Waals surface area contributed by atoms with Crippen LogP contribution in [0.4, 0.5) is 8.78 Å². The summed E-state index contributed by atoms with van der Waals surface area (Å²) in [5.74, 6) is -0.379. The summed E-state index contributed by atoms with van der Waals surface area (Å²) in [6, 6.07) is 2.96. The van der Waals surface area contributed by atoms with Crippen molar-refractivity contribution in [2.24, 2.45) is 0 Å². The number of rotatable bonds is 2. The van der Waals surface area contributed by atoms with Crippen molar-refractivity contribution in [2.45, 2.75) is 6.61 Å². The smallest absolute Gasteiger partial charge is 0.388 e. The van der Waals surface area contributed by atoms with Crippen molar-refractivity contribution in [3.05, 3.63) is 22.8 Å². The third-order valence-corrected chi connectivity index (χ3v) is 1.41. The van der Waals surface area contributed by atoms with Crippen molar-refractivity contribution >= 4 is 11.6 Å². The molecule has 1 rings (SSSR count). The molecule has 1 aromatic rings. The summed E-state index contributed by atoms with van der Waals surface area (Å²) in [5, 5.41) is 8.29. The van der Waals surface area contributed by atoms with E-state index in [-0.39, 0.29) is 16.5 Å². The van der Waals surface area contributed by atoms with E-state index in [9.17, 15) is 8.78 Å². The number of hydrogen-bond acceptors (Lipinski definition) is 3. The van der Waals surface area contributed by atoms with Gasteiger partial charge in [-0.3, -0.25) is 0 Å². The summed E-state index contributed by atoms with van der Waals surface area (Å²) in [6.45, 7) is -2.97. The highest BCUT2D eigenvalue weighted by molar-refractivity contribution is 6.31. The van der Waals surface area contributed by atoms with Crippen LogP contribution in [0.15, 0.2) is 12.3 Å². The normalized spacial score (nSPS) is 9.77. The first kappa shape index (κ1) is 9.68. The third kappa shape index (κ3) is 2.53. The van der Waals surface area contributed by atoms with E-state index in [0.29, 0.717) is 0 Å². The Labute approximate surface area is 77.5 Å². The van der Waals surface area contributed by atoms with Crippen molar-refractivity contribution < 1.29 is 13.5 Å². The third-order valence-electron chi connectivity index (χ3n) is 1.14. The first-order chi connectivity index (χ1) is 6.13. The van der Waals surface area contributed by atoms with Gasteiger partial charge < -0.3 is 4.74 Å². The summed E-state index contributed by atoms with van der Waals surface area (Å²) in [5.41, 5.74) is 0.187. The Morgan fingerprint density at radius 2 is 2.31 bits per heavy atom. The van der Waals surface area contributed by atoms with Crippen LogP contribution in [0.25, 0.3) is 0 Å². The van der Waals surface area contributed by atoms with E-state index in [4.69, 9.17) is 16.9 Å². The van der Waals surface area contributed by atoms with Crippen molar-refractivity contribution in [1.29, 1.82) is 5.26 Å². The Balaban J connectivity index is 2.93. The lowest BCUT2D eigenvalue weighted by Crippen LogP contribution is -2.04. The monoisotopic (exact) mass is 204 g/mol. The predicted octanol–water partition coefficient (Wildman–Crippen LogP) is 2.21. The number of pyridine rings is 1. The van der Waals surface area contributed by atoms with Gasteiger partial charge in [0.05, 0.1) is 5.56 Å². The zero-order chi connectivity index (χ0) is 9.84. The van der Waals surface area contributed by atoms with Crippen molar-refractivity contribution in [3.63, 3.8) is 0 Å². The molecule has 0 aliphatic heterocycles. The number of aromatic nitrogens is 1. The predicted molar refractivity (Wildman–Crippen MR) is 40.6 cm³/mol. The zero-order valence-corrected chi connectivity index (χ0v) is 6.92. The number of halogens is 3. The summed E-state index contributed by atoms with van der Waals surface area (Å²) in [6.07, 6.45) is 1.10. The maximum Gasteiger partial charge on any atom is 0.388 e. The van der Waals surface area contributed by atoms with Gasteiger partial charge in [-0.25, -0.2) is 4.98 Å². The Bertz CT molecular complexity index is 351. The van der Waals surface area contributed by atoms with E-state index in [0.717, 1.165) is 6.20 Å². The lowest BCUT2D eigenvalue weighted by atomic mass is 10.3. The molecule has 0 bridgehead atoms. The molecule has 68 valence electrons. The summed E-state index contributed by atoms with van der Waals surface area (Å²) >= 11 is 5.48.